The van der Waals surface area contributed by atoms with Crippen LogP contribution < -0.4 is 5.73 Å². The maximum Gasteiger partial charge on any atom is 0.254 e. The van der Waals surface area contributed by atoms with Gasteiger partial charge in [-0.25, -0.2) is 13.2 Å². The topological polar surface area (TPSA) is 66.6 Å². The Morgan fingerprint density at radius 3 is 2.14 bits per heavy atom. The van der Waals surface area contributed by atoms with Crippen molar-refractivity contribution in [2.75, 3.05) is 26.2 Å². The van der Waals surface area contributed by atoms with E-state index >= 15 is 0 Å². The van der Waals surface area contributed by atoms with Crippen LogP contribution in [0.1, 0.15) is 10.4 Å². The zero-order chi connectivity index (χ0) is 15.6. The minimum Gasteiger partial charge on any atom is -0.336 e. The van der Waals surface area contributed by atoms with Crippen LogP contribution in [0.15, 0.2) is 12.1 Å². The lowest BCUT2D eigenvalue weighted by atomic mass is 10.1. The van der Waals surface area contributed by atoms with Crippen LogP contribution in [0.2, 0.25) is 0 Å². The Kier molecular flexibility index (Phi) is 4.59. The second-order valence-corrected chi connectivity index (χ2v) is 4.71. The van der Waals surface area contributed by atoms with E-state index in [-0.39, 0.29) is 18.7 Å². The van der Waals surface area contributed by atoms with Gasteiger partial charge in [0, 0.05) is 31.7 Å². The molecule has 0 aliphatic carbocycles. The van der Waals surface area contributed by atoms with E-state index in [1.807, 2.05) is 0 Å². The Hall–Kier alpha value is -1.93. The molecule has 1 amide bonds. The third kappa shape index (κ3) is 3.22. The van der Waals surface area contributed by atoms with Gasteiger partial charge in [0.2, 0.25) is 0 Å². The van der Waals surface area contributed by atoms with E-state index < -0.39 is 29.5 Å². The normalized spacial score (nSPS) is 17.6. The van der Waals surface area contributed by atoms with Crippen LogP contribution in [0.25, 0.3) is 0 Å². The lowest BCUT2D eigenvalue weighted by molar-refractivity contribution is -0.112. The molecule has 0 bridgehead atoms. The first-order valence-electron chi connectivity index (χ1n) is 6.32. The summed E-state index contributed by atoms with van der Waals surface area (Å²) in [5, 5.41) is 0. The molecule has 21 heavy (non-hydrogen) atoms. The average molecular weight is 301 g/mol. The number of nitrogens with two attached hydrogens (primary N) is 1. The maximum absolute atomic E-state index is 13.1. The van der Waals surface area contributed by atoms with Crippen LogP contribution >= 0.6 is 0 Å². The van der Waals surface area contributed by atoms with E-state index in [1.165, 1.54) is 4.90 Å². The summed E-state index contributed by atoms with van der Waals surface area (Å²) >= 11 is 0. The first-order valence-corrected chi connectivity index (χ1v) is 6.32. The molecular formula is C13H14F3N3O2. The van der Waals surface area contributed by atoms with Crippen molar-refractivity contribution in [3.8, 4) is 0 Å². The van der Waals surface area contributed by atoms with Gasteiger partial charge in [0.15, 0.2) is 23.7 Å². The molecule has 2 N–H and O–H groups in total. The largest absolute Gasteiger partial charge is 0.336 e. The van der Waals surface area contributed by atoms with Crippen molar-refractivity contribution in [2.24, 2.45) is 5.73 Å². The van der Waals surface area contributed by atoms with Gasteiger partial charge in [-0.2, -0.15) is 0 Å². The van der Waals surface area contributed by atoms with Crippen molar-refractivity contribution in [1.82, 2.24) is 9.80 Å². The van der Waals surface area contributed by atoms with Crippen LogP contribution in [0.4, 0.5) is 13.2 Å². The molecule has 1 unspecified atom stereocenters. The summed E-state index contributed by atoms with van der Waals surface area (Å²) in [7, 11) is 0. The highest BCUT2D eigenvalue weighted by Gasteiger charge is 2.26. The van der Waals surface area contributed by atoms with Gasteiger partial charge in [-0.1, -0.05) is 0 Å². The number of carbonyl (C=O) groups is 2. The third-order valence-electron chi connectivity index (χ3n) is 3.39. The Morgan fingerprint density at radius 2 is 1.67 bits per heavy atom. The summed E-state index contributed by atoms with van der Waals surface area (Å²) < 4.78 is 39.1. The second-order valence-electron chi connectivity index (χ2n) is 4.71. The van der Waals surface area contributed by atoms with Gasteiger partial charge in [0.1, 0.15) is 6.17 Å². The number of carbonyl (C=O) groups excluding carboxylic acids is 2. The smallest absolute Gasteiger partial charge is 0.254 e. The van der Waals surface area contributed by atoms with Crippen molar-refractivity contribution >= 4 is 12.2 Å². The molecule has 1 aliphatic rings. The fourth-order valence-electron chi connectivity index (χ4n) is 2.17. The van der Waals surface area contributed by atoms with Crippen LogP contribution in [-0.2, 0) is 4.79 Å². The molecule has 114 valence electrons. The molecular weight excluding hydrogens is 287 g/mol. The standard InChI is InChI=1S/C13H14F3N3O2/c14-9-5-8(6-10(15)12(9)16)13(21)19-3-1-18(2-4-19)11(17)7-20/h5-7,11H,1-4,17H2. The minimum absolute atomic E-state index is 0.250. The summed E-state index contributed by atoms with van der Waals surface area (Å²) in [4.78, 5) is 25.8. The van der Waals surface area contributed by atoms with Crippen LogP contribution in [0.5, 0.6) is 0 Å². The van der Waals surface area contributed by atoms with Crippen molar-refractivity contribution in [3.05, 3.63) is 35.1 Å². The van der Waals surface area contributed by atoms with Gasteiger partial charge >= 0.3 is 0 Å². The Bertz CT molecular complexity index is 537. The predicted molar refractivity (Wildman–Crippen MR) is 67.8 cm³/mol. The van der Waals surface area contributed by atoms with Gasteiger partial charge < -0.3 is 15.4 Å². The molecule has 1 heterocycles. The lowest BCUT2D eigenvalue weighted by Crippen LogP contribution is -2.55. The fourth-order valence-corrected chi connectivity index (χ4v) is 2.17. The first kappa shape index (κ1) is 15.5. The van der Waals surface area contributed by atoms with Crippen molar-refractivity contribution < 1.29 is 22.8 Å². The summed E-state index contributed by atoms with van der Waals surface area (Å²) in [5.74, 6) is -5.00. The van der Waals surface area contributed by atoms with E-state index in [2.05, 4.69) is 0 Å². The van der Waals surface area contributed by atoms with Crippen molar-refractivity contribution in [3.63, 3.8) is 0 Å². The first-order chi connectivity index (χ1) is 9.93. The molecule has 1 saturated heterocycles. The number of nitrogens with zero attached hydrogens (tertiary/aromatic N) is 2. The number of rotatable bonds is 3. The van der Waals surface area contributed by atoms with E-state index in [0.717, 1.165) is 0 Å². The van der Waals surface area contributed by atoms with Crippen molar-refractivity contribution in [2.45, 2.75) is 6.17 Å². The van der Waals surface area contributed by atoms with Crippen LogP contribution in [0.3, 0.4) is 0 Å². The van der Waals surface area contributed by atoms with Crippen LogP contribution in [0, 0.1) is 17.5 Å². The van der Waals surface area contributed by atoms with E-state index in [0.29, 0.717) is 31.5 Å². The molecule has 1 aromatic rings. The van der Waals surface area contributed by atoms with Gasteiger partial charge in [0.05, 0.1) is 0 Å². The molecule has 0 radical (unpaired) electrons. The molecule has 1 fully saturated rings. The molecule has 2 rings (SSSR count). The van der Waals surface area contributed by atoms with Gasteiger partial charge in [-0.15, -0.1) is 0 Å². The number of halogens is 3. The molecule has 1 atom stereocenters. The zero-order valence-corrected chi connectivity index (χ0v) is 11.1. The Morgan fingerprint density at radius 1 is 1.14 bits per heavy atom. The summed E-state index contributed by atoms with van der Waals surface area (Å²) in [6, 6.07) is 1.34. The van der Waals surface area contributed by atoms with Gasteiger partial charge in [0.25, 0.3) is 5.91 Å². The molecule has 1 aromatic carbocycles. The van der Waals surface area contributed by atoms with Crippen molar-refractivity contribution in [1.29, 1.82) is 0 Å². The SMILES string of the molecule is NC(C=O)N1CCN(C(=O)c2cc(F)c(F)c(F)c2)CC1. The monoisotopic (exact) mass is 301 g/mol. The Balaban J connectivity index is 2.07. The number of benzene rings is 1. The molecule has 0 spiro atoms. The highest BCUT2D eigenvalue weighted by molar-refractivity contribution is 5.94. The van der Waals surface area contributed by atoms with E-state index in [9.17, 15) is 22.8 Å². The van der Waals surface area contributed by atoms with Crippen LogP contribution in [-0.4, -0.2) is 54.3 Å². The highest BCUT2D eigenvalue weighted by Crippen LogP contribution is 2.16. The summed E-state index contributed by atoms with van der Waals surface area (Å²) in [6.45, 7) is 1.28. The van der Waals surface area contributed by atoms with E-state index in [4.69, 9.17) is 5.73 Å². The average Bonchev–Trinajstić information content (AvgIpc) is 2.50. The summed E-state index contributed by atoms with van der Waals surface area (Å²) in [6.07, 6.45) is -0.134. The second kappa shape index (κ2) is 6.23. The quantitative estimate of drug-likeness (QED) is 0.646. The predicted octanol–water partition coefficient (Wildman–Crippen LogP) is 0.345. The molecule has 0 aromatic heterocycles. The number of piperazine rings is 1. The molecule has 8 heteroatoms. The Labute approximate surface area is 119 Å². The summed E-state index contributed by atoms with van der Waals surface area (Å²) in [5.41, 5.74) is 5.30. The highest BCUT2D eigenvalue weighted by atomic mass is 19.2. The zero-order valence-electron chi connectivity index (χ0n) is 11.1. The van der Waals surface area contributed by atoms with Gasteiger partial charge in [-0.3, -0.25) is 9.69 Å². The maximum atomic E-state index is 13.1. The molecule has 5 nitrogen and oxygen atoms in total. The number of hydrogen-bond acceptors (Lipinski definition) is 4. The molecule has 0 saturated carbocycles. The fraction of sp³-hybridized carbons (Fsp3) is 0.385. The lowest BCUT2D eigenvalue weighted by Gasteiger charge is -2.36. The molecule has 1 aliphatic heterocycles. The number of hydrogen-bond donors (Lipinski definition) is 1. The third-order valence-corrected chi connectivity index (χ3v) is 3.39. The van der Waals surface area contributed by atoms with Gasteiger partial charge in [-0.05, 0) is 12.1 Å². The minimum atomic E-state index is -1.60. The number of aldehydes is 1. The number of amides is 1. The van der Waals surface area contributed by atoms with E-state index in [1.54, 1.807) is 4.90 Å².